The molecule has 0 unspecified atom stereocenters. The van der Waals surface area contributed by atoms with Gasteiger partial charge in [0.1, 0.15) is 10.7 Å². The summed E-state index contributed by atoms with van der Waals surface area (Å²) in [4.78, 5) is 19.1. The van der Waals surface area contributed by atoms with E-state index in [4.69, 9.17) is 5.73 Å². The average Bonchev–Trinajstić information content (AvgIpc) is 2.87. The molecular formula is C13H20N4O2S. The molecule has 3 rings (SSSR count). The van der Waals surface area contributed by atoms with E-state index in [9.17, 15) is 9.90 Å². The average molecular weight is 296 g/mol. The van der Waals surface area contributed by atoms with Crippen LogP contribution in [0.5, 0.6) is 0 Å². The third kappa shape index (κ3) is 2.60. The fourth-order valence-corrected chi connectivity index (χ4v) is 3.40. The Hall–Kier alpha value is -1.34. The molecule has 1 saturated carbocycles. The number of nitrogens with zero attached hydrogens (tertiary/aromatic N) is 2. The second-order valence-corrected chi connectivity index (χ2v) is 6.72. The fourth-order valence-electron chi connectivity index (χ4n) is 2.44. The standard InChI is InChI=1S/C13H20N4O2S/c14-10-9(11(19)15-7-13(8-18)3-4-13)20-12(16-10)17-5-1-2-6-17/h18H,1-8,14H2,(H,15,19). The van der Waals surface area contributed by atoms with Gasteiger partial charge in [0.15, 0.2) is 5.13 Å². The SMILES string of the molecule is Nc1nc(N2CCCC2)sc1C(=O)NCC1(CO)CC1. The quantitative estimate of drug-likeness (QED) is 0.748. The Morgan fingerprint density at radius 1 is 1.45 bits per heavy atom. The number of thiazole rings is 1. The van der Waals surface area contributed by atoms with Gasteiger partial charge in [-0.05, 0) is 25.7 Å². The Kier molecular flexibility index (Phi) is 3.55. The number of aliphatic hydroxyl groups excluding tert-OH is 1. The summed E-state index contributed by atoms with van der Waals surface area (Å²) in [5.41, 5.74) is 5.77. The van der Waals surface area contributed by atoms with Crippen molar-refractivity contribution in [3.63, 3.8) is 0 Å². The highest BCUT2D eigenvalue weighted by Crippen LogP contribution is 2.44. The van der Waals surface area contributed by atoms with E-state index in [2.05, 4.69) is 15.2 Å². The molecule has 20 heavy (non-hydrogen) atoms. The molecule has 1 aromatic rings. The number of amides is 1. The molecule has 1 saturated heterocycles. The highest BCUT2D eigenvalue weighted by molar-refractivity contribution is 7.18. The van der Waals surface area contributed by atoms with Crippen LogP contribution in [0.4, 0.5) is 10.9 Å². The molecule has 4 N–H and O–H groups in total. The van der Waals surface area contributed by atoms with Crippen molar-refractivity contribution < 1.29 is 9.90 Å². The van der Waals surface area contributed by atoms with Crippen molar-refractivity contribution in [3.05, 3.63) is 4.88 Å². The number of anilines is 2. The number of hydrogen-bond donors (Lipinski definition) is 3. The summed E-state index contributed by atoms with van der Waals surface area (Å²) in [6.07, 6.45) is 4.28. The predicted octanol–water partition coefficient (Wildman–Crippen LogP) is 0.828. The van der Waals surface area contributed by atoms with E-state index < -0.39 is 0 Å². The molecule has 110 valence electrons. The number of carbonyl (C=O) groups is 1. The summed E-state index contributed by atoms with van der Waals surface area (Å²) in [6, 6.07) is 0. The summed E-state index contributed by atoms with van der Waals surface area (Å²) in [7, 11) is 0. The van der Waals surface area contributed by atoms with Gasteiger partial charge >= 0.3 is 0 Å². The van der Waals surface area contributed by atoms with Gasteiger partial charge in [-0.1, -0.05) is 11.3 Å². The van der Waals surface area contributed by atoms with Crippen molar-refractivity contribution in [2.24, 2.45) is 5.41 Å². The summed E-state index contributed by atoms with van der Waals surface area (Å²) in [5, 5.41) is 13.0. The summed E-state index contributed by atoms with van der Waals surface area (Å²) >= 11 is 1.36. The molecule has 2 fully saturated rings. The van der Waals surface area contributed by atoms with Gasteiger partial charge in [-0.25, -0.2) is 4.98 Å². The third-order valence-corrected chi connectivity index (χ3v) is 5.27. The highest BCUT2D eigenvalue weighted by Gasteiger charge is 2.42. The maximum atomic E-state index is 12.2. The van der Waals surface area contributed by atoms with Crippen LogP contribution in [0.25, 0.3) is 0 Å². The van der Waals surface area contributed by atoms with Crippen LogP contribution in [0.2, 0.25) is 0 Å². The maximum Gasteiger partial charge on any atom is 0.265 e. The number of nitrogen functional groups attached to an aromatic ring is 1. The zero-order chi connectivity index (χ0) is 14.2. The van der Waals surface area contributed by atoms with Crippen molar-refractivity contribution in [1.82, 2.24) is 10.3 Å². The highest BCUT2D eigenvalue weighted by atomic mass is 32.1. The van der Waals surface area contributed by atoms with E-state index in [-0.39, 0.29) is 17.9 Å². The van der Waals surface area contributed by atoms with Crippen LogP contribution in [0.3, 0.4) is 0 Å². The van der Waals surface area contributed by atoms with Crippen molar-refractivity contribution >= 4 is 28.2 Å². The number of rotatable bonds is 5. The lowest BCUT2D eigenvalue weighted by atomic mass is 10.1. The molecule has 0 aromatic carbocycles. The lowest BCUT2D eigenvalue weighted by molar-refractivity contribution is 0.0940. The van der Waals surface area contributed by atoms with Crippen LogP contribution >= 0.6 is 11.3 Å². The molecule has 0 spiro atoms. The van der Waals surface area contributed by atoms with E-state index in [1.807, 2.05) is 0 Å². The second kappa shape index (κ2) is 5.21. The normalized spacial score (nSPS) is 20.1. The van der Waals surface area contributed by atoms with Gasteiger partial charge in [-0.3, -0.25) is 4.79 Å². The number of carbonyl (C=O) groups excluding carboxylic acids is 1. The predicted molar refractivity (Wildman–Crippen MR) is 79.1 cm³/mol. The van der Waals surface area contributed by atoms with Crippen molar-refractivity contribution in [2.75, 3.05) is 36.9 Å². The summed E-state index contributed by atoms with van der Waals surface area (Å²) in [5.74, 6) is 0.133. The van der Waals surface area contributed by atoms with E-state index in [1.165, 1.54) is 24.2 Å². The van der Waals surface area contributed by atoms with Crippen LogP contribution in [0.15, 0.2) is 0 Å². The zero-order valence-electron chi connectivity index (χ0n) is 11.4. The minimum absolute atomic E-state index is 0.0904. The smallest absolute Gasteiger partial charge is 0.265 e. The number of nitrogens with two attached hydrogens (primary N) is 1. The molecule has 0 bridgehead atoms. The molecule has 1 aliphatic heterocycles. The molecule has 6 nitrogen and oxygen atoms in total. The van der Waals surface area contributed by atoms with Gasteiger partial charge in [-0.15, -0.1) is 0 Å². The van der Waals surface area contributed by atoms with Crippen LogP contribution in [-0.2, 0) is 0 Å². The summed E-state index contributed by atoms with van der Waals surface area (Å²) < 4.78 is 0. The van der Waals surface area contributed by atoms with Gasteiger partial charge in [0.05, 0.1) is 6.61 Å². The molecule has 0 atom stereocenters. The molecule has 0 radical (unpaired) electrons. The first-order valence-electron chi connectivity index (χ1n) is 7.04. The van der Waals surface area contributed by atoms with Gasteiger partial charge < -0.3 is 21.1 Å². The van der Waals surface area contributed by atoms with E-state index >= 15 is 0 Å². The Bertz CT molecular complexity index is 506. The lowest BCUT2D eigenvalue weighted by Crippen LogP contribution is -2.31. The monoisotopic (exact) mass is 296 g/mol. The number of nitrogens with one attached hydrogen (secondary N) is 1. The molecule has 2 heterocycles. The first-order valence-corrected chi connectivity index (χ1v) is 7.85. The Morgan fingerprint density at radius 2 is 2.15 bits per heavy atom. The topological polar surface area (TPSA) is 91.5 Å². The minimum atomic E-state index is -0.176. The molecule has 1 aliphatic carbocycles. The molecular weight excluding hydrogens is 276 g/mol. The Labute approximate surface area is 122 Å². The second-order valence-electron chi connectivity index (χ2n) is 5.75. The van der Waals surface area contributed by atoms with Crippen LogP contribution in [-0.4, -0.2) is 42.2 Å². The maximum absolute atomic E-state index is 12.2. The first-order chi connectivity index (χ1) is 9.63. The van der Waals surface area contributed by atoms with Gasteiger partial charge in [0.25, 0.3) is 5.91 Å². The molecule has 1 aromatic heterocycles. The summed E-state index contributed by atoms with van der Waals surface area (Å²) in [6.45, 7) is 2.62. The van der Waals surface area contributed by atoms with E-state index in [0.717, 1.165) is 31.1 Å². The first kappa shape index (κ1) is 13.6. The zero-order valence-corrected chi connectivity index (χ0v) is 12.2. The number of aromatic nitrogens is 1. The molecule has 7 heteroatoms. The Balaban J connectivity index is 1.65. The van der Waals surface area contributed by atoms with Crippen molar-refractivity contribution in [3.8, 4) is 0 Å². The van der Waals surface area contributed by atoms with Crippen LogP contribution in [0, 0.1) is 5.41 Å². The number of hydrogen-bond acceptors (Lipinski definition) is 6. The third-order valence-electron chi connectivity index (χ3n) is 4.14. The molecule has 1 amide bonds. The Morgan fingerprint density at radius 3 is 2.75 bits per heavy atom. The van der Waals surface area contributed by atoms with Crippen molar-refractivity contribution in [2.45, 2.75) is 25.7 Å². The van der Waals surface area contributed by atoms with Gasteiger partial charge in [0, 0.05) is 25.0 Å². The van der Waals surface area contributed by atoms with Gasteiger partial charge in [0.2, 0.25) is 0 Å². The lowest BCUT2D eigenvalue weighted by Gasteiger charge is -2.12. The molecule has 2 aliphatic rings. The largest absolute Gasteiger partial charge is 0.396 e. The minimum Gasteiger partial charge on any atom is -0.396 e. The van der Waals surface area contributed by atoms with Crippen LogP contribution < -0.4 is 16.0 Å². The van der Waals surface area contributed by atoms with Crippen molar-refractivity contribution in [1.29, 1.82) is 0 Å². The van der Waals surface area contributed by atoms with E-state index in [1.54, 1.807) is 0 Å². The van der Waals surface area contributed by atoms with Gasteiger partial charge in [-0.2, -0.15) is 0 Å². The van der Waals surface area contributed by atoms with E-state index in [0.29, 0.717) is 17.2 Å². The fraction of sp³-hybridized carbons (Fsp3) is 0.692. The van der Waals surface area contributed by atoms with Crippen LogP contribution in [0.1, 0.15) is 35.4 Å². The number of aliphatic hydroxyl groups is 1.